The lowest BCUT2D eigenvalue weighted by molar-refractivity contribution is 0.483. The van der Waals surface area contributed by atoms with Crippen molar-refractivity contribution in [1.82, 2.24) is 0 Å². The predicted octanol–water partition coefficient (Wildman–Crippen LogP) is 2.70. The van der Waals surface area contributed by atoms with Gasteiger partial charge >= 0.3 is 0 Å². The van der Waals surface area contributed by atoms with Crippen LogP contribution in [0.1, 0.15) is 16.7 Å². The average molecular weight is 293 g/mol. The lowest BCUT2D eigenvalue weighted by atomic mass is 10.1. The molecule has 108 valence electrons. The average Bonchev–Trinajstić information content (AvgIpc) is 2.39. The highest BCUT2D eigenvalue weighted by Crippen LogP contribution is 2.08. The Balaban J connectivity index is 0.000000204. The van der Waals surface area contributed by atoms with Gasteiger partial charge in [-0.1, -0.05) is 42.0 Å². The van der Waals surface area contributed by atoms with E-state index in [1.807, 2.05) is 19.1 Å². The molecule has 3 N–H and O–H groups in total. The van der Waals surface area contributed by atoms with Gasteiger partial charge < -0.3 is 5.73 Å². The third-order valence-electron chi connectivity index (χ3n) is 2.80. The van der Waals surface area contributed by atoms with Crippen molar-refractivity contribution in [2.24, 2.45) is 5.73 Å². The summed E-state index contributed by atoms with van der Waals surface area (Å²) in [5.74, 6) is 0. The molecule has 0 atom stereocenters. The van der Waals surface area contributed by atoms with Crippen molar-refractivity contribution >= 4 is 10.1 Å². The first-order valence-corrected chi connectivity index (χ1v) is 7.57. The molecule has 2 aromatic rings. The van der Waals surface area contributed by atoms with Gasteiger partial charge in [0.25, 0.3) is 10.1 Å². The Morgan fingerprint density at radius 3 is 1.95 bits per heavy atom. The van der Waals surface area contributed by atoms with E-state index in [0.29, 0.717) is 6.54 Å². The molecule has 0 fully saturated rings. The van der Waals surface area contributed by atoms with Crippen molar-refractivity contribution in [2.75, 3.05) is 0 Å². The molecule has 0 aliphatic rings. The van der Waals surface area contributed by atoms with Gasteiger partial charge in [-0.25, -0.2) is 0 Å². The van der Waals surface area contributed by atoms with E-state index in [4.69, 9.17) is 10.3 Å². The third-order valence-corrected chi connectivity index (χ3v) is 3.67. The summed E-state index contributed by atoms with van der Waals surface area (Å²) in [5, 5.41) is 0. The van der Waals surface area contributed by atoms with Crippen molar-refractivity contribution in [2.45, 2.75) is 25.3 Å². The minimum atomic E-state index is -4.02. The quantitative estimate of drug-likeness (QED) is 0.834. The number of benzene rings is 2. The molecule has 0 saturated carbocycles. The zero-order valence-corrected chi connectivity index (χ0v) is 12.4. The molecule has 0 unspecified atom stereocenters. The van der Waals surface area contributed by atoms with Crippen LogP contribution in [-0.2, 0) is 16.7 Å². The van der Waals surface area contributed by atoms with E-state index in [2.05, 4.69) is 19.1 Å². The number of aryl methyl sites for hydroxylation is 2. The van der Waals surface area contributed by atoms with Crippen molar-refractivity contribution in [3.05, 3.63) is 65.2 Å². The highest BCUT2D eigenvalue weighted by Gasteiger charge is 2.06. The summed E-state index contributed by atoms with van der Waals surface area (Å²) >= 11 is 0. The van der Waals surface area contributed by atoms with E-state index in [-0.39, 0.29) is 4.90 Å². The zero-order chi connectivity index (χ0) is 15.2. The maximum atomic E-state index is 10.5. The summed E-state index contributed by atoms with van der Waals surface area (Å²) in [6, 6.07) is 14.1. The van der Waals surface area contributed by atoms with Crippen LogP contribution in [0, 0.1) is 13.8 Å². The third kappa shape index (κ3) is 5.13. The zero-order valence-electron chi connectivity index (χ0n) is 11.6. The minimum absolute atomic E-state index is 0.0666. The Bertz CT molecular complexity index is 649. The van der Waals surface area contributed by atoms with E-state index >= 15 is 0 Å². The van der Waals surface area contributed by atoms with Gasteiger partial charge in [0.15, 0.2) is 0 Å². The fourth-order valence-electron chi connectivity index (χ4n) is 1.55. The van der Waals surface area contributed by atoms with E-state index in [9.17, 15) is 8.42 Å². The SMILES string of the molecule is Cc1ccc(S(=O)(=O)O)cc1.Cc1ccccc1CN. The second-order valence-corrected chi connectivity index (χ2v) is 5.84. The van der Waals surface area contributed by atoms with Gasteiger partial charge in [-0.2, -0.15) is 8.42 Å². The molecule has 0 amide bonds. The van der Waals surface area contributed by atoms with Crippen molar-refractivity contribution in [3.63, 3.8) is 0 Å². The van der Waals surface area contributed by atoms with E-state index in [1.165, 1.54) is 23.3 Å². The van der Waals surface area contributed by atoms with Gasteiger partial charge in [0.05, 0.1) is 4.90 Å². The van der Waals surface area contributed by atoms with Crippen LogP contribution in [-0.4, -0.2) is 13.0 Å². The topological polar surface area (TPSA) is 80.4 Å². The molecular formula is C15H19NO3S. The van der Waals surface area contributed by atoms with Crippen LogP contribution in [0.2, 0.25) is 0 Å². The largest absolute Gasteiger partial charge is 0.326 e. The second kappa shape index (κ2) is 7.19. The van der Waals surface area contributed by atoms with Crippen LogP contribution in [0.4, 0.5) is 0 Å². The van der Waals surface area contributed by atoms with Gasteiger partial charge in [0.1, 0.15) is 0 Å². The summed E-state index contributed by atoms with van der Waals surface area (Å²) < 4.78 is 29.6. The van der Waals surface area contributed by atoms with E-state index in [0.717, 1.165) is 5.56 Å². The Morgan fingerprint density at radius 2 is 1.55 bits per heavy atom. The Labute approximate surface area is 120 Å². The van der Waals surface area contributed by atoms with Crippen molar-refractivity contribution in [1.29, 1.82) is 0 Å². The fraction of sp³-hybridized carbons (Fsp3) is 0.200. The molecule has 0 aliphatic heterocycles. The number of rotatable bonds is 2. The fourth-order valence-corrected chi connectivity index (χ4v) is 2.03. The molecule has 0 aliphatic carbocycles. The summed E-state index contributed by atoms with van der Waals surface area (Å²) in [7, 11) is -4.02. The van der Waals surface area contributed by atoms with Crippen LogP contribution in [0.25, 0.3) is 0 Å². The van der Waals surface area contributed by atoms with Crippen LogP contribution < -0.4 is 5.73 Å². The molecule has 0 spiro atoms. The normalized spacial score (nSPS) is 10.6. The molecule has 2 rings (SSSR count). The highest BCUT2D eigenvalue weighted by atomic mass is 32.2. The van der Waals surface area contributed by atoms with Crippen molar-refractivity contribution < 1.29 is 13.0 Å². The van der Waals surface area contributed by atoms with Crippen LogP contribution in [0.5, 0.6) is 0 Å². The van der Waals surface area contributed by atoms with Crippen molar-refractivity contribution in [3.8, 4) is 0 Å². The maximum absolute atomic E-state index is 10.5. The number of nitrogens with two attached hydrogens (primary N) is 1. The molecule has 5 heteroatoms. The van der Waals surface area contributed by atoms with Gasteiger partial charge in [-0.3, -0.25) is 4.55 Å². The monoisotopic (exact) mass is 293 g/mol. The van der Waals surface area contributed by atoms with Gasteiger partial charge in [0.2, 0.25) is 0 Å². The van der Waals surface area contributed by atoms with Gasteiger partial charge in [-0.05, 0) is 37.1 Å². The van der Waals surface area contributed by atoms with Crippen LogP contribution in [0.3, 0.4) is 0 Å². The highest BCUT2D eigenvalue weighted by molar-refractivity contribution is 7.85. The Hall–Kier alpha value is -1.69. The molecule has 0 bridgehead atoms. The first kappa shape index (κ1) is 16.4. The summed E-state index contributed by atoms with van der Waals surface area (Å²) in [6.07, 6.45) is 0. The molecule has 0 aromatic heterocycles. The number of hydrogen-bond acceptors (Lipinski definition) is 3. The molecule has 20 heavy (non-hydrogen) atoms. The predicted molar refractivity (Wildman–Crippen MR) is 80.1 cm³/mol. The molecular weight excluding hydrogens is 274 g/mol. The lowest BCUT2D eigenvalue weighted by Crippen LogP contribution is -1.97. The minimum Gasteiger partial charge on any atom is -0.326 e. The molecule has 4 nitrogen and oxygen atoms in total. The number of hydrogen-bond donors (Lipinski definition) is 2. The summed E-state index contributed by atoms with van der Waals surface area (Å²) in [5.41, 5.74) is 8.92. The second-order valence-electron chi connectivity index (χ2n) is 4.42. The summed E-state index contributed by atoms with van der Waals surface area (Å²) in [6.45, 7) is 4.56. The van der Waals surface area contributed by atoms with E-state index in [1.54, 1.807) is 12.1 Å². The smallest absolute Gasteiger partial charge is 0.294 e. The first-order chi connectivity index (χ1) is 9.34. The van der Waals surface area contributed by atoms with Gasteiger partial charge in [0, 0.05) is 6.54 Å². The maximum Gasteiger partial charge on any atom is 0.294 e. The molecule has 0 radical (unpaired) electrons. The lowest BCUT2D eigenvalue weighted by Gasteiger charge is -1.98. The Kier molecular flexibility index (Phi) is 5.88. The molecule has 2 aromatic carbocycles. The van der Waals surface area contributed by atoms with E-state index < -0.39 is 10.1 Å². The standard InChI is InChI=1S/C8H11N.C7H8O3S/c1-7-4-2-3-5-8(7)6-9;1-6-2-4-7(5-3-6)11(8,9)10/h2-5H,6,9H2,1H3;2-5H,1H3,(H,8,9,10). The summed E-state index contributed by atoms with van der Waals surface area (Å²) in [4.78, 5) is -0.0666. The Morgan fingerprint density at radius 1 is 1.00 bits per heavy atom. The van der Waals surface area contributed by atoms with Gasteiger partial charge in [-0.15, -0.1) is 0 Å². The van der Waals surface area contributed by atoms with Crippen LogP contribution >= 0.6 is 0 Å². The first-order valence-electron chi connectivity index (χ1n) is 6.13. The molecule has 0 heterocycles. The van der Waals surface area contributed by atoms with Crippen LogP contribution in [0.15, 0.2) is 53.4 Å². The molecule has 0 saturated heterocycles.